The van der Waals surface area contributed by atoms with Crippen LogP contribution in [0.4, 0.5) is 0 Å². The third-order valence-corrected chi connectivity index (χ3v) is 4.09. The molecule has 104 valence electrons. The summed E-state index contributed by atoms with van der Waals surface area (Å²) in [6, 6.07) is 8.28. The maximum atomic E-state index is 5.86. The van der Waals surface area contributed by atoms with Gasteiger partial charge in [-0.1, -0.05) is 18.2 Å². The van der Waals surface area contributed by atoms with Crippen LogP contribution in [0.25, 0.3) is 0 Å². The fraction of sp³-hybridized carbons (Fsp3) is 0.625. The number of fused-ring (bicyclic) bond motifs is 1. The van der Waals surface area contributed by atoms with Gasteiger partial charge >= 0.3 is 0 Å². The van der Waals surface area contributed by atoms with Crippen molar-refractivity contribution < 1.29 is 9.47 Å². The summed E-state index contributed by atoms with van der Waals surface area (Å²) in [6.45, 7) is 3.93. The number of nitrogens with one attached hydrogen (secondary N) is 1. The van der Waals surface area contributed by atoms with Crippen LogP contribution in [0.2, 0.25) is 0 Å². The monoisotopic (exact) mass is 261 g/mol. The van der Waals surface area contributed by atoms with Gasteiger partial charge in [-0.3, -0.25) is 0 Å². The zero-order chi connectivity index (χ0) is 12.9. The number of hydrogen-bond donors (Lipinski definition) is 1. The van der Waals surface area contributed by atoms with Crippen molar-refractivity contribution in [2.75, 3.05) is 26.3 Å². The molecule has 2 heterocycles. The lowest BCUT2D eigenvalue weighted by atomic mass is 9.97. The van der Waals surface area contributed by atoms with E-state index in [0.717, 1.165) is 37.8 Å². The second kappa shape index (κ2) is 6.40. The topological polar surface area (TPSA) is 30.5 Å². The van der Waals surface area contributed by atoms with Crippen LogP contribution in [0.3, 0.4) is 0 Å². The molecule has 0 spiro atoms. The van der Waals surface area contributed by atoms with E-state index in [1.54, 1.807) is 0 Å². The van der Waals surface area contributed by atoms with E-state index in [1.165, 1.54) is 31.4 Å². The number of benzene rings is 1. The summed E-state index contributed by atoms with van der Waals surface area (Å²) in [5.41, 5.74) is 1.31. The van der Waals surface area contributed by atoms with E-state index >= 15 is 0 Å². The van der Waals surface area contributed by atoms with Crippen molar-refractivity contribution in [3.63, 3.8) is 0 Å². The summed E-state index contributed by atoms with van der Waals surface area (Å²) < 4.78 is 11.7. The minimum absolute atomic E-state index is 0.210. The van der Waals surface area contributed by atoms with E-state index in [9.17, 15) is 0 Å². The predicted molar refractivity (Wildman–Crippen MR) is 75.6 cm³/mol. The van der Waals surface area contributed by atoms with Gasteiger partial charge < -0.3 is 14.8 Å². The second-order valence-electron chi connectivity index (χ2n) is 5.63. The van der Waals surface area contributed by atoms with Crippen LogP contribution in [-0.4, -0.2) is 32.4 Å². The van der Waals surface area contributed by atoms with Crippen LogP contribution in [0.15, 0.2) is 24.3 Å². The molecule has 3 nitrogen and oxygen atoms in total. The van der Waals surface area contributed by atoms with E-state index < -0.39 is 0 Å². The highest BCUT2D eigenvalue weighted by Crippen LogP contribution is 2.28. The van der Waals surface area contributed by atoms with Crippen LogP contribution >= 0.6 is 0 Å². The van der Waals surface area contributed by atoms with E-state index in [-0.39, 0.29) is 6.10 Å². The number of piperidine rings is 1. The van der Waals surface area contributed by atoms with Gasteiger partial charge in [-0.15, -0.1) is 0 Å². The van der Waals surface area contributed by atoms with Gasteiger partial charge in [0.1, 0.15) is 11.9 Å². The third kappa shape index (κ3) is 3.48. The first-order chi connectivity index (χ1) is 9.42. The van der Waals surface area contributed by atoms with Gasteiger partial charge in [-0.2, -0.15) is 0 Å². The van der Waals surface area contributed by atoms with Crippen molar-refractivity contribution in [2.24, 2.45) is 5.92 Å². The van der Waals surface area contributed by atoms with Crippen molar-refractivity contribution in [1.82, 2.24) is 5.32 Å². The summed E-state index contributed by atoms with van der Waals surface area (Å²) in [4.78, 5) is 0. The molecule has 1 fully saturated rings. The van der Waals surface area contributed by atoms with Crippen LogP contribution in [-0.2, 0) is 11.2 Å². The van der Waals surface area contributed by atoms with Crippen molar-refractivity contribution in [2.45, 2.75) is 31.8 Å². The zero-order valence-corrected chi connectivity index (χ0v) is 11.4. The summed E-state index contributed by atoms with van der Waals surface area (Å²) >= 11 is 0. The average Bonchev–Trinajstić information content (AvgIpc) is 2.87. The lowest BCUT2D eigenvalue weighted by Gasteiger charge is -2.22. The lowest BCUT2D eigenvalue weighted by Crippen LogP contribution is -2.30. The molecular formula is C16H23NO2. The molecule has 2 aliphatic heterocycles. The standard InChI is InChI=1S/C16H23NO2/c1-2-6-16-14(5-1)10-15(19-16)12-18-9-7-13-4-3-8-17-11-13/h1-2,5-6,13,15,17H,3-4,7-12H2. The second-order valence-corrected chi connectivity index (χ2v) is 5.63. The Morgan fingerprint density at radius 1 is 1.32 bits per heavy atom. The van der Waals surface area contributed by atoms with E-state index in [0.29, 0.717) is 0 Å². The summed E-state index contributed by atoms with van der Waals surface area (Å²) in [7, 11) is 0. The maximum Gasteiger partial charge on any atom is 0.126 e. The van der Waals surface area contributed by atoms with Crippen molar-refractivity contribution in [1.29, 1.82) is 0 Å². The molecule has 0 radical (unpaired) electrons. The molecule has 0 bridgehead atoms. The molecule has 1 aromatic rings. The van der Waals surface area contributed by atoms with E-state index in [2.05, 4.69) is 17.4 Å². The number of ether oxygens (including phenoxy) is 2. The molecule has 2 unspecified atom stereocenters. The van der Waals surface area contributed by atoms with Crippen LogP contribution in [0.1, 0.15) is 24.8 Å². The minimum Gasteiger partial charge on any atom is -0.487 e. The molecule has 2 aliphatic rings. The van der Waals surface area contributed by atoms with Gasteiger partial charge in [0.2, 0.25) is 0 Å². The normalized spacial score (nSPS) is 25.9. The largest absolute Gasteiger partial charge is 0.487 e. The summed E-state index contributed by atoms with van der Waals surface area (Å²) in [5.74, 6) is 1.84. The van der Waals surface area contributed by atoms with E-state index in [4.69, 9.17) is 9.47 Å². The highest BCUT2D eigenvalue weighted by atomic mass is 16.5. The molecule has 0 amide bonds. The molecule has 0 aliphatic carbocycles. The average molecular weight is 261 g/mol. The Morgan fingerprint density at radius 3 is 3.11 bits per heavy atom. The molecule has 3 heteroatoms. The Morgan fingerprint density at radius 2 is 2.26 bits per heavy atom. The van der Waals surface area contributed by atoms with Crippen molar-refractivity contribution in [3.05, 3.63) is 29.8 Å². The van der Waals surface area contributed by atoms with Gasteiger partial charge in [-0.05, 0) is 49.9 Å². The molecule has 0 saturated carbocycles. The van der Waals surface area contributed by atoms with Crippen LogP contribution in [0, 0.1) is 5.92 Å². The first kappa shape index (κ1) is 12.9. The number of hydrogen-bond acceptors (Lipinski definition) is 3. The number of para-hydroxylation sites is 1. The third-order valence-electron chi connectivity index (χ3n) is 4.09. The molecule has 2 atom stereocenters. The van der Waals surface area contributed by atoms with Crippen molar-refractivity contribution >= 4 is 0 Å². The molecule has 19 heavy (non-hydrogen) atoms. The molecule has 1 saturated heterocycles. The smallest absolute Gasteiger partial charge is 0.126 e. The van der Waals surface area contributed by atoms with Crippen molar-refractivity contribution in [3.8, 4) is 5.75 Å². The molecule has 0 aromatic heterocycles. The Hall–Kier alpha value is -1.06. The fourth-order valence-corrected chi connectivity index (χ4v) is 2.98. The molecule has 1 aromatic carbocycles. The highest BCUT2D eigenvalue weighted by Gasteiger charge is 2.22. The Kier molecular flexibility index (Phi) is 4.36. The van der Waals surface area contributed by atoms with Crippen LogP contribution in [0.5, 0.6) is 5.75 Å². The summed E-state index contributed by atoms with van der Waals surface area (Å²) in [6.07, 6.45) is 5.03. The fourth-order valence-electron chi connectivity index (χ4n) is 2.98. The Labute approximate surface area is 115 Å². The SMILES string of the molecule is c1ccc2c(c1)CC(COCCC1CCCNC1)O2. The van der Waals surface area contributed by atoms with Gasteiger partial charge in [0.25, 0.3) is 0 Å². The molecule has 3 rings (SSSR count). The first-order valence-corrected chi connectivity index (χ1v) is 7.45. The summed E-state index contributed by atoms with van der Waals surface area (Å²) in [5, 5.41) is 3.45. The number of rotatable bonds is 5. The lowest BCUT2D eigenvalue weighted by molar-refractivity contribution is 0.0520. The molecule has 1 N–H and O–H groups in total. The quantitative estimate of drug-likeness (QED) is 0.826. The van der Waals surface area contributed by atoms with Gasteiger partial charge in [0, 0.05) is 13.0 Å². The zero-order valence-electron chi connectivity index (χ0n) is 11.4. The maximum absolute atomic E-state index is 5.86. The Balaban J connectivity index is 1.33. The first-order valence-electron chi connectivity index (χ1n) is 7.45. The predicted octanol–water partition coefficient (Wildman–Crippen LogP) is 2.40. The Bertz CT molecular complexity index is 376. The van der Waals surface area contributed by atoms with Gasteiger partial charge in [0.15, 0.2) is 0 Å². The minimum atomic E-state index is 0.210. The highest BCUT2D eigenvalue weighted by molar-refractivity contribution is 5.37. The van der Waals surface area contributed by atoms with Crippen LogP contribution < -0.4 is 10.1 Å². The van der Waals surface area contributed by atoms with Gasteiger partial charge in [0.05, 0.1) is 6.61 Å². The molecular weight excluding hydrogens is 238 g/mol. The van der Waals surface area contributed by atoms with Gasteiger partial charge in [-0.25, -0.2) is 0 Å². The van der Waals surface area contributed by atoms with E-state index in [1.807, 2.05) is 12.1 Å².